The first kappa shape index (κ1) is 28.7. The van der Waals surface area contributed by atoms with Gasteiger partial charge in [0, 0.05) is 15.7 Å². The molecular weight excluding hydrogens is 393 g/mol. The van der Waals surface area contributed by atoms with E-state index in [1.165, 1.54) is 13.0 Å². The van der Waals surface area contributed by atoms with Gasteiger partial charge in [0.25, 0.3) is 0 Å². The Hall–Kier alpha value is 0.542. The molecule has 0 radical (unpaired) electrons. The predicted octanol–water partition coefficient (Wildman–Crippen LogP) is -8.80. The molecule has 0 saturated heterocycles. The maximum Gasteiger partial charge on any atom is 1.00 e. The van der Waals surface area contributed by atoms with Crippen molar-refractivity contribution in [3.05, 3.63) is 29.8 Å². The molecule has 0 saturated carbocycles. The van der Waals surface area contributed by atoms with Crippen LogP contribution in [0.15, 0.2) is 39.0 Å². The Balaban J connectivity index is 0. The summed E-state index contributed by atoms with van der Waals surface area (Å²) >= 11 is 0.254. The Morgan fingerprint density at radius 2 is 1.31 bits per heavy atom. The molecule has 0 aliphatic heterocycles. The van der Waals surface area contributed by atoms with Crippen molar-refractivity contribution in [2.45, 2.75) is 21.6 Å². The number of hydrogen-bond acceptors (Lipinski definition) is 10. The Morgan fingerprint density at radius 1 is 0.846 bits per heavy atom. The SMILES string of the molecule is Cc1cc(S(=O)(=O)[O-])c2cc(SOO[O-])cc(S(=O)(=O)[O-])c2c1.[Li+].[Li+].[Li+]. The molecule has 9 nitrogen and oxygen atoms in total. The summed E-state index contributed by atoms with van der Waals surface area (Å²) in [6.45, 7) is 1.44. The van der Waals surface area contributed by atoms with E-state index >= 15 is 0 Å². The van der Waals surface area contributed by atoms with Gasteiger partial charge in [0.15, 0.2) is 0 Å². The normalized spacial score (nSPS) is 11.2. The zero-order chi connectivity index (χ0) is 17.4. The summed E-state index contributed by atoms with van der Waals surface area (Å²) in [4.78, 5) is -1.56. The summed E-state index contributed by atoms with van der Waals surface area (Å²) in [5.74, 6) is 0. The van der Waals surface area contributed by atoms with Gasteiger partial charge in [-0.2, -0.15) is 4.33 Å². The average Bonchev–Trinajstić information content (AvgIpc) is 2.41. The monoisotopic (exact) mass is 400 g/mol. The number of fused-ring (bicyclic) bond motifs is 1. The van der Waals surface area contributed by atoms with Crippen molar-refractivity contribution < 1.29 is 97.2 Å². The molecule has 0 fully saturated rings. The molecule has 0 unspecified atom stereocenters. The maximum absolute atomic E-state index is 11.4. The molecule has 2 aromatic rings. The second-order valence-electron chi connectivity index (χ2n) is 4.41. The Morgan fingerprint density at radius 3 is 1.77 bits per heavy atom. The van der Waals surface area contributed by atoms with E-state index in [0.29, 0.717) is 0 Å². The van der Waals surface area contributed by atoms with Crippen molar-refractivity contribution in [3.8, 4) is 0 Å². The molecule has 0 aliphatic rings. The van der Waals surface area contributed by atoms with Crippen LogP contribution in [0.1, 0.15) is 5.56 Å². The Kier molecular flexibility index (Phi) is 12.1. The van der Waals surface area contributed by atoms with E-state index in [-0.39, 0.29) is 89.9 Å². The Bertz CT molecular complexity index is 977. The van der Waals surface area contributed by atoms with Crippen LogP contribution < -0.4 is 61.8 Å². The molecule has 0 aromatic heterocycles. The molecule has 126 valence electrons. The van der Waals surface area contributed by atoms with Crippen LogP contribution in [0.3, 0.4) is 0 Å². The van der Waals surface area contributed by atoms with Gasteiger partial charge in [0.05, 0.1) is 21.8 Å². The van der Waals surface area contributed by atoms with Crippen molar-refractivity contribution in [1.29, 1.82) is 0 Å². The summed E-state index contributed by atoms with van der Waals surface area (Å²) in [5.41, 5.74) is 0.274. The van der Waals surface area contributed by atoms with Gasteiger partial charge in [-0.3, -0.25) is 5.04 Å². The first-order valence-electron chi connectivity index (χ1n) is 5.67. The molecule has 0 atom stereocenters. The van der Waals surface area contributed by atoms with Gasteiger partial charge in [-0.05, 0) is 30.7 Å². The van der Waals surface area contributed by atoms with E-state index in [1.54, 1.807) is 0 Å². The molecule has 0 aliphatic carbocycles. The largest absolute Gasteiger partial charge is 1.00 e. The topological polar surface area (TPSA) is 156 Å². The minimum Gasteiger partial charge on any atom is -0.744 e. The summed E-state index contributed by atoms with van der Waals surface area (Å²) in [5, 5.41) is 12.5. The quantitative estimate of drug-likeness (QED) is 0.155. The Labute approximate surface area is 190 Å². The van der Waals surface area contributed by atoms with Crippen LogP contribution in [-0.4, -0.2) is 25.9 Å². The summed E-state index contributed by atoms with van der Waals surface area (Å²) < 4.78 is 72.4. The van der Waals surface area contributed by atoms with E-state index in [0.717, 1.165) is 18.2 Å². The second-order valence-corrected chi connectivity index (χ2v) is 7.88. The van der Waals surface area contributed by atoms with Crippen molar-refractivity contribution in [2.24, 2.45) is 0 Å². The molecule has 2 rings (SSSR count). The third-order valence-corrected chi connectivity index (χ3v) is 5.11. The maximum atomic E-state index is 11.4. The van der Waals surface area contributed by atoms with Gasteiger partial charge in [0.1, 0.15) is 20.2 Å². The molecule has 2 aromatic carbocycles. The summed E-state index contributed by atoms with van der Waals surface area (Å²) in [7, 11) is -9.93. The molecule has 26 heavy (non-hydrogen) atoms. The van der Waals surface area contributed by atoms with Gasteiger partial charge in [0.2, 0.25) is 0 Å². The van der Waals surface area contributed by atoms with E-state index in [2.05, 4.69) is 9.37 Å². The molecule has 0 heterocycles. The van der Waals surface area contributed by atoms with Crippen LogP contribution in [0.5, 0.6) is 0 Å². The van der Waals surface area contributed by atoms with E-state index in [1.807, 2.05) is 0 Å². The van der Waals surface area contributed by atoms with Gasteiger partial charge < -0.3 is 14.4 Å². The first-order valence-corrected chi connectivity index (χ1v) is 9.23. The van der Waals surface area contributed by atoms with Gasteiger partial charge in [-0.15, -0.1) is 0 Å². The molecule has 15 heteroatoms. The number of benzene rings is 2. The van der Waals surface area contributed by atoms with Crippen molar-refractivity contribution in [3.63, 3.8) is 0 Å². The first-order chi connectivity index (χ1) is 10.5. The van der Waals surface area contributed by atoms with E-state index < -0.39 is 30.0 Å². The second kappa shape index (κ2) is 10.9. The summed E-state index contributed by atoms with van der Waals surface area (Å²) in [6.07, 6.45) is 0. The van der Waals surface area contributed by atoms with Gasteiger partial charge >= 0.3 is 56.6 Å². The number of rotatable bonds is 5. The fourth-order valence-electron chi connectivity index (χ4n) is 2.02. The zero-order valence-electron chi connectivity index (χ0n) is 14.2. The van der Waals surface area contributed by atoms with Gasteiger partial charge in [-0.25, -0.2) is 16.8 Å². The van der Waals surface area contributed by atoms with E-state index in [4.69, 9.17) is 0 Å². The van der Waals surface area contributed by atoms with Crippen LogP contribution in [0.25, 0.3) is 10.8 Å². The molecule has 0 spiro atoms. The molecular formula is C11H7Li3O9S3. The number of aryl methyl sites for hydroxylation is 1. The minimum absolute atomic E-state index is 0. The van der Waals surface area contributed by atoms with Crippen molar-refractivity contribution in [2.75, 3.05) is 0 Å². The van der Waals surface area contributed by atoms with Gasteiger partial charge in [-0.1, -0.05) is 6.07 Å². The van der Waals surface area contributed by atoms with Crippen molar-refractivity contribution >= 4 is 43.1 Å². The van der Waals surface area contributed by atoms with Crippen LogP contribution in [0.4, 0.5) is 0 Å². The van der Waals surface area contributed by atoms with Crippen LogP contribution >= 0.6 is 12.0 Å². The minimum atomic E-state index is -4.99. The fraction of sp³-hybridized carbons (Fsp3) is 0.0909. The van der Waals surface area contributed by atoms with Crippen molar-refractivity contribution in [1.82, 2.24) is 0 Å². The molecule has 0 bridgehead atoms. The predicted molar refractivity (Wildman–Crippen MR) is 72.6 cm³/mol. The average molecular weight is 400 g/mol. The zero-order valence-corrected chi connectivity index (χ0v) is 16.7. The smallest absolute Gasteiger partial charge is 0.744 e. The third-order valence-electron chi connectivity index (χ3n) is 2.81. The molecule has 0 N–H and O–H groups in total. The fourth-order valence-corrected chi connectivity index (χ4v) is 4.01. The third kappa shape index (κ3) is 6.86. The van der Waals surface area contributed by atoms with E-state index in [9.17, 15) is 31.2 Å². The van der Waals surface area contributed by atoms with Crippen LogP contribution in [0.2, 0.25) is 0 Å². The summed E-state index contributed by atoms with van der Waals surface area (Å²) in [6, 6.07) is 4.28. The standard InChI is InChI=1S/C11H10O9S3.3Li/c1-6-2-8-9(10(3-6)22(13,14)15)4-7(21-20-19-12)5-11(8)23(16,17)18;;;/h2-5,12H,1H3,(H,13,14,15)(H,16,17,18);;;/q;3*+1/p-3. The van der Waals surface area contributed by atoms with Crippen LogP contribution in [0, 0.1) is 6.92 Å². The van der Waals surface area contributed by atoms with Crippen LogP contribution in [-0.2, 0) is 29.6 Å². The molecule has 0 amide bonds. The number of hydrogen-bond donors (Lipinski definition) is 0.